The fourth-order valence-corrected chi connectivity index (χ4v) is 1.22. The third-order valence-corrected chi connectivity index (χ3v) is 1.86. The first kappa shape index (κ1) is 10.3. The summed E-state index contributed by atoms with van der Waals surface area (Å²) in [5.74, 6) is 0.940. The predicted octanol–water partition coefficient (Wildman–Crippen LogP) is 1.97. The van der Waals surface area contributed by atoms with Crippen LogP contribution in [0.5, 0.6) is 0 Å². The van der Waals surface area contributed by atoms with Gasteiger partial charge in [-0.05, 0) is 25.1 Å². The van der Waals surface area contributed by atoms with Crippen LogP contribution >= 0.6 is 0 Å². The van der Waals surface area contributed by atoms with Gasteiger partial charge in [-0.1, -0.05) is 6.92 Å². The normalized spacial score (nSPS) is 13.1. The zero-order valence-corrected chi connectivity index (χ0v) is 8.25. The van der Waals surface area contributed by atoms with Gasteiger partial charge in [-0.25, -0.2) is 0 Å². The lowest BCUT2D eigenvalue weighted by Crippen LogP contribution is -2.25. The molecular formula is C10H17NO2. The minimum atomic E-state index is 0.181. The second-order valence-corrected chi connectivity index (χ2v) is 2.98. The van der Waals surface area contributed by atoms with Crippen molar-refractivity contribution < 1.29 is 9.15 Å². The van der Waals surface area contributed by atoms with Crippen LogP contribution in [0.2, 0.25) is 0 Å². The molecule has 0 spiro atoms. The zero-order chi connectivity index (χ0) is 9.52. The zero-order valence-electron chi connectivity index (χ0n) is 8.25. The van der Waals surface area contributed by atoms with Crippen molar-refractivity contribution in [1.82, 2.24) is 5.32 Å². The Kier molecular flexibility index (Phi) is 4.57. The Bertz CT molecular complexity index is 209. The number of methoxy groups -OCH3 is 1. The van der Waals surface area contributed by atoms with Gasteiger partial charge in [0.15, 0.2) is 0 Å². The average Bonchev–Trinajstić information content (AvgIpc) is 2.65. The lowest BCUT2D eigenvalue weighted by molar-refractivity contribution is 0.157. The van der Waals surface area contributed by atoms with E-state index in [1.807, 2.05) is 12.1 Å². The van der Waals surface area contributed by atoms with Crippen molar-refractivity contribution in [1.29, 1.82) is 0 Å². The number of hydrogen-bond donors (Lipinski definition) is 1. The summed E-state index contributed by atoms with van der Waals surface area (Å²) in [6, 6.07) is 4.04. The van der Waals surface area contributed by atoms with Crippen LogP contribution in [0.3, 0.4) is 0 Å². The van der Waals surface area contributed by atoms with Crippen molar-refractivity contribution in [2.24, 2.45) is 0 Å². The quantitative estimate of drug-likeness (QED) is 0.732. The molecule has 13 heavy (non-hydrogen) atoms. The fraction of sp³-hybridized carbons (Fsp3) is 0.600. The molecule has 1 atom stereocenters. The molecule has 0 amide bonds. The third kappa shape index (κ3) is 3.20. The molecule has 3 heteroatoms. The van der Waals surface area contributed by atoms with Crippen LogP contribution in [0.25, 0.3) is 0 Å². The fourth-order valence-electron chi connectivity index (χ4n) is 1.22. The summed E-state index contributed by atoms with van der Waals surface area (Å²) < 4.78 is 10.4. The van der Waals surface area contributed by atoms with E-state index >= 15 is 0 Å². The van der Waals surface area contributed by atoms with Gasteiger partial charge in [0.25, 0.3) is 0 Å². The van der Waals surface area contributed by atoms with E-state index in [1.165, 1.54) is 0 Å². The highest BCUT2D eigenvalue weighted by Gasteiger charge is 2.12. The van der Waals surface area contributed by atoms with Gasteiger partial charge in [-0.2, -0.15) is 0 Å². The Balaban J connectivity index is 2.47. The summed E-state index contributed by atoms with van der Waals surface area (Å²) in [5, 5.41) is 3.35. The third-order valence-electron chi connectivity index (χ3n) is 1.86. The van der Waals surface area contributed by atoms with E-state index in [9.17, 15) is 0 Å². The maximum absolute atomic E-state index is 5.30. The second-order valence-electron chi connectivity index (χ2n) is 2.98. The molecule has 1 aromatic heterocycles. The monoisotopic (exact) mass is 183 g/mol. The molecule has 1 unspecified atom stereocenters. The first-order valence-corrected chi connectivity index (χ1v) is 4.64. The van der Waals surface area contributed by atoms with Crippen LogP contribution in [0.15, 0.2) is 22.8 Å². The van der Waals surface area contributed by atoms with Gasteiger partial charge in [-0.3, -0.25) is 0 Å². The van der Waals surface area contributed by atoms with E-state index in [0.29, 0.717) is 6.61 Å². The van der Waals surface area contributed by atoms with Gasteiger partial charge < -0.3 is 14.5 Å². The Hall–Kier alpha value is -0.800. The minimum Gasteiger partial charge on any atom is -0.468 e. The summed E-state index contributed by atoms with van der Waals surface area (Å²) >= 11 is 0. The molecule has 3 nitrogen and oxygen atoms in total. The maximum atomic E-state index is 5.30. The van der Waals surface area contributed by atoms with Gasteiger partial charge in [-0.15, -0.1) is 0 Å². The Morgan fingerprint density at radius 2 is 2.46 bits per heavy atom. The Morgan fingerprint density at radius 3 is 3.00 bits per heavy atom. The molecule has 0 aliphatic heterocycles. The van der Waals surface area contributed by atoms with Crippen LogP contribution in [0.4, 0.5) is 0 Å². The number of furan rings is 1. The van der Waals surface area contributed by atoms with Gasteiger partial charge in [0.05, 0.1) is 18.9 Å². The smallest absolute Gasteiger partial charge is 0.123 e. The van der Waals surface area contributed by atoms with Gasteiger partial charge >= 0.3 is 0 Å². The standard InChI is InChI=1S/C10H17NO2/c1-3-6-11-9(8-12-2)10-5-4-7-13-10/h4-5,7,9,11H,3,6,8H2,1-2H3. The van der Waals surface area contributed by atoms with Crippen molar-refractivity contribution in [3.8, 4) is 0 Å². The Labute approximate surface area is 79.1 Å². The first-order chi connectivity index (χ1) is 6.38. The molecule has 0 radical (unpaired) electrons. The van der Waals surface area contributed by atoms with Gasteiger partial charge in [0.2, 0.25) is 0 Å². The Morgan fingerprint density at radius 1 is 1.62 bits per heavy atom. The van der Waals surface area contributed by atoms with Crippen LogP contribution in [0.1, 0.15) is 25.1 Å². The van der Waals surface area contributed by atoms with Crippen LogP contribution in [-0.4, -0.2) is 20.3 Å². The molecule has 0 saturated carbocycles. The van der Waals surface area contributed by atoms with E-state index < -0.39 is 0 Å². The molecule has 1 heterocycles. The van der Waals surface area contributed by atoms with Crippen LogP contribution in [-0.2, 0) is 4.74 Å². The SMILES string of the molecule is CCCNC(COC)c1ccco1. The first-order valence-electron chi connectivity index (χ1n) is 4.64. The maximum Gasteiger partial charge on any atom is 0.123 e. The molecule has 0 aromatic carbocycles. The molecule has 1 rings (SSSR count). The molecule has 0 aliphatic carbocycles. The molecule has 1 aromatic rings. The molecule has 0 saturated heterocycles. The lowest BCUT2D eigenvalue weighted by Gasteiger charge is -2.14. The number of rotatable bonds is 6. The molecule has 74 valence electrons. The van der Waals surface area contributed by atoms with E-state index in [1.54, 1.807) is 13.4 Å². The summed E-state index contributed by atoms with van der Waals surface area (Å²) in [7, 11) is 1.70. The second kappa shape index (κ2) is 5.78. The van der Waals surface area contributed by atoms with Crippen LogP contribution < -0.4 is 5.32 Å². The summed E-state index contributed by atoms with van der Waals surface area (Å²) in [6.45, 7) is 3.77. The molecular weight excluding hydrogens is 166 g/mol. The van der Waals surface area contributed by atoms with Crippen molar-refractivity contribution in [2.45, 2.75) is 19.4 Å². The van der Waals surface area contributed by atoms with Crippen molar-refractivity contribution >= 4 is 0 Å². The van der Waals surface area contributed by atoms with Gasteiger partial charge in [0, 0.05) is 7.11 Å². The molecule has 1 N–H and O–H groups in total. The van der Waals surface area contributed by atoms with Gasteiger partial charge in [0.1, 0.15) is 5.76 Å². The average molecular weight is 183 g/mol. The van der Waals surface area contributed by atoms with Crippen molar-refractivity contribution in [3.05, 3.63) is 24.2 Å². The summed E-state index contributed by atoms with van der Waals surface area (Å²) in [4.78, 5) is 0. The van der Waals surface area contributed by atoms with E-state index in [0.717, 1.165) is 18.7 Å². The van der Waals surface area contributed by atoms with Crippen molar-refractivity contribution in [2.75, 3.05) is 20.3 Å². The summed E-state index contributed by atoms with van der Waals surface area (Å²) in [6.07, 6.45) is 2.80. The topological polar surface area (TPSA) is 34.4 Å². The lowest BCUT2D eigenvalue weighted by atomic mass is 10.2. The molecule has 0 bridgehead atoms. The van der Waals surface area contributed by atoms with E-state index in [4.69, 9.17) is 9.15 Å². The minimum absolute atomic E-state index is 0.181. The summed E-state index contributed by atoms with van der Waals surface area (Å²) in [5.41, 5.74) is 0. The number of hydrogen-bond acceptors (Lipinski definition) is 3. The van der Waals surface area contributed by atoms with E-state index in [-0.39, 0.29) is 6.04 Å². The number of nitrogens with one attached hydrogen (secondary N) is 1. The predicted molar refractivity (Wildman–Crippen MR) is 51.6 cm³/mol. The molecule has 0 fully saturated rings. The van der Waals surface area contributed by atoms with E-state index in [2.05, 4.69) is 12.2 Å². The van der Waals surface area contributed by atoms with Crippen LogP contribution in [0, 0.1) is 0 Å². The van der Waals surface area contributed by atoms with Crippen molar-refractivity contribution in [3.63, 3.8) is 0 Å². The highest BCUT2D eigenvalue weighted by Crippen LogP contribution is 2.13. The molecule has 0 aliphatic rings. The highest BCUT2D eigenvalue weighted by molar-refractivity contribution is 5.04. The largest absolute Gasteiger partial charge is 0.468 e. The number of ether oxygens (including phenoxy) is 1. The highest BCUT2D eigenvalue weighted by atomic mass is 16.5.